The third kappa shape index (κ3) is 6.27. The fourth-order valence-electron chi connectivity index (χ4n) is 2.86. The first kappa shape index (κ1) is 23.8. The molecule has 3 aromatic rings. The lowest BCUT2D eigenvalue weighted by molar-refractivity contribution is 0.0680. The molecular formula is C24H20O8. The number of rotatable bonds is 6. The minimum absolute atomic E-state index is 0.0186. The van der Waals surface area contributed by atoms with E-state index >= 15 is 0 Å². The van der Waals surface area contributed by atoms with E-state index in [1.807, 2.05) is 19.1 Å². The Bertz CT molecular complexity index is 1080. The Kier molecular flexibility index (Phi) is 7.84. The molecule has 0 aliphatic heterocycles. The highest BCUT2D eigenvalue weighted by molar-refractivity contribution is 5.93. The lowest BCUT2D eigenvalue weighted by Gasteiger charge is -2.13. The molecule has 0 atom stereocenters. The summed E-state index contributed by atoms with van der Waals surface area (Å²) in [6.45, 7) is 1.92. The molecule has 0 aliphatic rings. The standard InChI is InChI=1S/C16H14O4.C8H6O4/c1-10(11-4-2-6-13(8-11)15(17)18)12-5-3-7-14(9-12)16(19)20;9-7(10)5-2-1-3-6(4-5)8(11)12/h2-10H,1H3,(H,17,18)(H,19,20);1-4H,(H,9,10)(H,11,12). The van der Waals surface area contributed by atoms with E-state index in [9.17, 15) is 19.2 Å². The van der Waals surface area contributed by atoms with Gasteiger partial charge in [-0.2, -0.15) is 0 Å². The molecule has 32 heavy (non-hydrogen) atoms. The summed E-state index contributed by atoms with van der Waals surface area (Å²) < 4.78 is 0. The van der Waals surface area contributed by atoms with Gasteiger partial charge < -0.3 is 20.4 Å². The minimum atomic E-state index is -1.13. The number of aromatic carboxylic acids is 4. The average molecular weight is 436 g/mol. The number of carbonyl (C=O) groups is 4. The molecule has 0 spiro atoms. The summed E-state index contributed by atoms with van der Waals surface area (Å²) in [7, 11) is 0. The summed E-state index contributed by atoms with van der Waals surface area (Å²) >= 11 is 0. The molecule has 4 N–H and O–H groups in total. The van der Waals surface area contributed by atoms with Crippen LogP contribution in [0.4, 0.5) is 0 Å². The Balaban J connectivity index is 0.000000258. The van der Waals surface area contributed by atoms with E-state index in [0.29, 0.717) is 0 Å². The average Bonchev–Trinajstić information content (AvgIpc) is 2.79. The topological polar surface area (TPSA) is 149 Å². The Hall–Kier alpha value is -4.46. The van der Waals surface area contributed by atoms with Crippen LogP contribution in [-0.2, 0) is 0 Å². The number of carboxylic acid groups (broad SMARTS) is 4. The van der Waals surface area contributed by atoms with Gasteiger partial charge in [-0.15, -0.1) is 0 Å². The van der Waals surface area contributed by atoms with Crippen molar-refractivity contribution < 1.29 is 39.6 Å². The minimum Gasteiger partial charge on any atom is -0.478 e. The Morgan fingerprint density at radius 1 is 0.531 bits per heavy atom. The van der Waals surface area contributed by atoms with Crippen molar-refractivity contribution in [2.24, 2.45) is 0 Å². The van der Waals surface area contributed by atoms with Crippen LogP contribution in [-0.4, -0.2) is 44.3 Å². The number of hydrogen-bond acceptors (Lipinski definition) is 4. The summed E-state index contributed by atoms with van der Waals surface area (Å²) in [5, 5.41) is 35.0. The van der Waals surface area contributed by atoms with Gasteiger partial charge in [0, 0.05) is 5.92 Å². The maximum Gasteiger partial charge on any atom is 0.335 e. The van der Waals surface area contributed by atoms with Crippen LogP contribution in [0, 0.1) is 0 Å². The van der Waals surface area contributed by atoms with E-state index in [1.165, 1.54) is 30.3 Å². The van der Waals surface area contributed by atoms with E-state index in [0.717, 1.165) is 17.2 Å². The van der Waals surface area contributed by atoms with Gasteiger partial charge in [-0.3, -0.25) is 0 Å². The Morgan fingerprint density at radius 2 is 0.812 bits per heavy atom. The van der Waals surface area contributed by atoms with Gasteiger partial charge in [0.2, 0.25) is 0 Å². The van der Waals surface area contributed by atoms with E-state index in [1.54, 1.807) is 24.3 Å². The van der Waals surface area contributed by atoms with Gasteiger partial charge in [0.1, 0.15) is 0 Å². The van der Waals surface area contributed by atoms with Crippen LogP contribution in [0.15, 0.2) is 72.8 Å². The molecule has 0 saturated heterocycles. The summed E-state index contributed by atoms with van der Waals surface area (Å²) in [5.74, 6) is -4.28. The van der Waals surface area contributed by atoms with E-state index in [2.05, 4.69) is 0 Å². The zero-order chi connectivity index (χ0) is 23.8. The van der Waals surface area contributed by atoms with Crippen molar-refractivity contribution in [3.63, 3.8) is 0 Å². The fraction of sp³-hybridized carbons (Fsp3) is 0.0833. The van der Waals surface area contributed by atoms with Gasteiger partial charge in [0.05, 0.1) is 22.3 Å². The predicted molar refractivity (Wildman–Crippen MR) is 115 cm³/mol. The molecule has 8 heteroatoms. The predicted octanol–water partition coefficient (Wildman–Crippen LogP) is 4.32. The number of benzene rings is 3. The van der Waals surface area contributed by atoms with Crippen molar-refractivity contribution in [1.82, 2.24) is 0 Å². The molecule has 0 aromatic heterocycles. The highest BCUT2D eigenvalue weighted by atomic mass is 16.4. The summed E-state index contributed by atoms with van der Waals surface area (Å²) in [5.41, 5.74) is 2.09. The molecule has 3 aromatic carbocycles. The lowest BCUT2D eigenvalue weighted by atomic mass is 9.91. The van der Waals surface area contributed by atoms with Gasteiger partial charge in [0.15, 0.2) is 0 Å². The van der Waals surface area contributed by atoms with Crippen LogP contribution in [0.25, 0.3) is 0 Å². The zero-order valence-electron chi connectivity index (χ0n) is 16.9. The number of carboxylic acids is 4. The van der Waals surface area contributed by atoms with Crippen molar-refractivity contribution in [2.45, 2.75) is 12.8 Å². The summed E-state index contributed by atoms with van der Waals surface area (Å²) in [6, 6.07) is 18.5. The van der Waals surface area contributed by atoms with Crippen LogP contribution in [0.3, 0.4) is 0 Å². The highest BCUT2D eigenvalue weighted by Crippen LogP contribution is 2.25. The molecule has 0 saturated carbocycles. The highest BCUT2D eigenvalue weighted by Gasteiger charge is 2.13. The maximum absolute atomic E-state index is 11.0. The normalized spacial score (nSPS) is 10.1. The molecule has 0 unspecified atom stereocenters. The van der Waals surface area contributed by atoms with Crippen molar-refractivity contribution in [2.75, 3.05) is 0 Å². The summed E-state index contributed by atoms with van der Waals surface area (Å²) in [6.07, 6.45) is 0. The van der Waals surface area contributed by atoms with E-state index < -0.39 is 23.9 Å². The molecular weight excluding hydrogens is 416 g/mol. The molecule has 0 bridgehead atoms. The first-order chi connectivity index (χ1) is 15.1. The fourth-order valence-corrected chi connectivity index (χ4v) is 2.86. The SMILES string of the molecule is CC(c1cccc(C(=O)O)c1)c1cccc(C(=O)O)c1.O=C(O)c1cccc(C(=O)O)c1. The maximum atomic E-state index is 11.0. The molecule has 0 heterocycles. The van der Waals surface area contributed by atoms with Crippen molar-refractivity contribution in [3.8, 4) is 0 Å². The second-order valence-electron chi connectivity index (χ2n) is 6.77. The molecule has 3 rings (SSSR count). The van der Waals surface area contributed by atoms with Gasteiger partial charge in [-0.25, -0.2) is 19.2 Å². The van der Waals surface area contributed by atoms with Crippen molar-refractivity contribution in [3.05, 3.63) is 106 Å². The molecule has 8 nitrogen and oxygen atoms in total. The Morgan fingerprint density at radius 3 is 1.12 bits per heavy atom. The molecule has 0 fully saturated rings. The lowest BCUT2D eigenvalue weighted by Crippen LogP contribution is -2.03. The van der Waals surface area contributed by atoms with E-state index in [4.69, 9.17) is 20.4 Å². The third-order valence-corrected chi connectivity index (χ3v) is 4.62. The molecule has 164 valence electrons. The van der Waals surface area contributed by atoms with Crippen molar-refractivity contribution >= 4 is 23.9 Å². The number of hydrogen-bond donors (Lipinski definition) is 4. The van der Waals surface area contributed by atoms with Crippen LogP contribution in [0.5, 0.6) is 0 Å². The van der Waals surface area contributed by atoms with Crippen LogP contribution in [0.1, 0.15) is 65.4 Å². The van der Waals surface area contributed by atoms with Crippen molar-refractivity contribution in [1.29, 1.82) is 0 Å². The quantitative estimate of drug-likeness (QED) is 0.446. The van der Waals surface area contributed by atoms with E-state index in [-0.39, 0.29) is 28.2 Å². The molecule has 0 amide bonds. The Labute approximate surface area is 183 Å². The third-order valence-electron chi connectivity index (χ3n) is 4.62. The van der Waals surface area contributed by atoms with Crippen LogP contribution in [0.2, 0.25) is 0 Å². The smallest absolute Gasteiger partial charge is 0.335 e. The van der Waals surface area contributed by atoms with Gasteiger partial charge >= 0.3 is 23.9 Å². The second kappa shape index (κ2) is 10.5. The van der Waals surface area contributed by atoms with Gasteiger partial charge in [-0.1, -0.05) is 37.3 Å². The first-order valence-electron chi connectivity index (χ1n) is 9.33. The van der Waals surface area contributed by atoms with Gasteiger partial charge in [0.25, 0.3) is 0 Å². The van der Waals surface area contributed by atoms with Gasteiger partial charge in [-0.05, 0) is 53.6 Å². The van der Waals surface area contributed by atoms with Crippen LogP contribution >= 0.6 is 0 Å². The van der Waals surface area contributed by atoms with Crippen LogP contribution < -0.4 is 0 Å². The molecule has 0 radical (unpaired) electrons. The first-order valence-corrected chi connectivity index (χ1v) is 9.33. The second-order valence-corrected chi connectivity index (χ2v) is 6.77. The molecule has 0 aliphatic carbocycles. The summed E-state index contributed by atoms with van der Waals surface area (Å²) in [4.78, 5) is 42.7. The monoisotopic (exact) mass is 436 g/mol. The largest absolute Gasteiger partial charge is 0.478 e. The zero-order valence-corrected chi connectivity index (χ0v) is 16.9.